The molecule has 1 aromatic rings. The van der Waals surface area contributed by atoms with Crippen LogP contribution in [0.4, 0.5) is 0 Å². The zero-order valence-electron chi connectivity index (χ0n) is 22.5. The van der Waals surface area contributed by atoms with Crippen molar-refractivity contribution < 1.29 is 19.1 Å². The fourth-order valence-corrected chi connectivity index (χ4v) is 5.91. The molecular formula is C31H37N3O4. The van der Waals surface area contributed by atoms with Crippen LogP contribution in [0, 0.1) is 17.8 Å². The van der Waals surface area contributed by atoms with Crippen molar-refractivity contribution in [3.8, 4) is 5.75 Å². The summed E-state index contributed by atoms with van der Waals surface area (Å²) in [5.74, 6) is 1.37. The van der Waals surface area contributed by atoms with E-state index in [2.05, 4.69) is 67.4 Å². The van der Waals surface area contributed by atoms with Crippen LogP contribution >= 0.6 is 0 Å². The largest absolute Gasteiger partial charge is 0.493 e. The Morgan fingerprint density at radius 1 is 1.18 bits per heavy atom. The van der Waals surface area contributed by atoms with Gasteiger partial charge in [-0.05, 0) is 55.4 Å². The van der Waals surface area contributed by atoms with E-state index in [0.29, 0.717) is 48.6 Å². The van der Waals surface area contributed by atoms with Gasteiger partial charge in [0.05, 0.1) is 13.2 Å². The smallest absolute Gasteiger partial charge is 0.255 e. The maximum atomic E-state index is 13.0. The molecule has 2 saturated heterocycles. The van der Waals surface area contributed by atoms with E-state index >= 15 is 0 Å². The molecule has 1 aliphatic carbocycles. The van der Waals surface area contributed by atoms with Gasteiger partial charge in [-0.2, -0.15) is 0 Å². The molecule has 2 unspecified atom stereocenters. The third-order valence-corrected chi connectivity index (χ3v) is 8.02. The van der Waals surface area contributed by atoms with Crippen LogP contribution < -0.4 is 10.1 Å². The summed E-state index contributed by atoms with van der Waals surface area (Å²) in [6.07, 6.45) is 14.7. The highest BCUT2D eigenvalue weighted by atomic mass is 16.5. The second kappa shape index (κ2) is 11.0. The molecule has 1 N–H and O–H groups in total. The maximum absolute atomic E-state index is 13.0. The van der Waals surface area contributed by atoms with E-state index in [4.69, 9.17) is 4.74 Å². The molecule has 200 valence electrons. The highest BCUT2D eigenvalue weighted by Gasteiger charge is 2.40. The molecule has 3 heterocycles. The quantitative estimate of drug-likeness (QED) is 0.520. The van der Waals surface area contributed by atoms with Crippen molar-refractivity contribution in [2.24, 2.45) is 17.8 Å². The summed E-state index contributed by atoms with van der Waals surface area (Å²) in [6.45, 7) is 9.53. The molecule has 0 spiro atoms. The monoisotopic (exact) mass is 515 g/mol. The number of hydrogen-bond donors (Lipinski definition) is 1. The van der Waals surface area contributed by atoms with Gasteiger partial charge in [0.15, 0.2) is 0 Å². The second-order valence-electron chi connectivity index (χ2n) is 10.9. The number of carbonyl (C=O) groups excluding carboxylic acids is 3. The molecule has 3 amide bonds. The van der Waals surface area contributed by atoms with Crippen molar-refractivity contribution in [1.29, 1.82) is 0 Å². The summed E-state index contributed by atoms with van der Waals surface area (Å²) in [7, 11) is 0. The highest BCUT2D eigenvalue weighted by Crippen LogP contribution is 2.36. The predicted molar refractivity (Wildman–Crippen MR) is 146 cm³/mol. The van der Waals surface area contributed by atoms with Gasteiger partial charge in [-0.25, -0.2) is 0 Å². The maximum Gasteiger partial charge on any atom is 0.255 e. The van der Waals surface area contributed by atoms with Crippen LogP contribution in [0.25, 0.3) is 0 Å². The lowest BCUT2D eigenvalue weighted by atomic mass is 9.82. The molecule has 3 aliphatic heterocycles. The van der Waals surface area contributed by atoms with Crippen LogP contribution in [0.3, 0.4) is 0 Å². The third kappa shape index (κ3) is 5.06. The van der Waals surface area contributed by atoms with Gasteiger partial charge in [-0.15, -0.1) is 0 Å². The van der Waals surface area contributed by atoms with Gasteiger partial charge in [0.2, 0.25) is 11.8 Å². The van der Waals surface area contributed by atoms with Crippen molar-refractivity contribution in [3.05, 3.63) is 77.1 Å². The molecule has 38 heavy (non-hydrogen) atoms. The average molecular weight is 516 g/mol. The minimum atomic E-state index is -0.619. The van der Waals surface area contributed by atoms with E-state index in [1.807, 2.05) is 12.1 Å². The number of nitrogens with one attached hydrogen (secondary N) is 1. The van der Waals surface area contributed by atoms with Gasteiger partial charge < -0.3 is 14.5 Å². The summed E-state index contributed by atoms with van der Waals surface area (Å²) in [6, 6.07) is 4.90. The average Bonchev–Trinajstić information content (AvgIpc) is 3.21. The first-order valence-corrected chi connectivity index (χ1v) is 13.7. The fourth-order valence-electron chi connectivity index (χ4n) is 5.91. The van der Waals surface area contributed by atoms with Crippen molar-refractivity contribution in [2.75, 3.05) is 19.7 Å². The number of allylic oxidation sites excluding steroid dienone is 7. The Kier molecular flexibility index (Phi) is 7.54. The number of piperidine rings is 1. The van der Waals surface area contributed by atoms with Gasteiger partial charge in [0.25, 0.3) is 5.91 Å². The Morgan fingerprint density at radius 3 is 2.74 bits per heavy atom. The number of hydrogen-bond acceptors (Lipinski definition) is 5. The lowest BCUT2D eigenvalue weighted by molar-refractivity contribution is -0.136. The predicted octanol–water partition coefficient (Wildman–Crippen LogP) is 4.38. The molecule has 4 aliphatic rings. The number of benzene rings is 1. The van der Waals surface area contributed by atoms with Crippen LogP contribution in [-0.4, -0.2) is 53.3 Å². The number of likely N-dealkylation sites (tertiary alicyclic amines) is 1. The molecule has 0 aromatic heterocycles. The molecule has 0 radical (unpaired) electrons. The van der Waals surface area contributed by atoms with Gasteiger partial charge in [0, 0.05) is 42.3 Å². The number of amides is 3. The Morgan fingerprint density at radius 2 is 2.00 bits per heavy atom. The summed E-state index contributed by atoms with van der Waals surface area (Å²) in [5.41, 5.74) is 4.12. The number of rotatable bonds is 8. The number of imide groups is 1. The Balaban J connectivity index is 1.18. The van der Waals surface area contributed by atoms with E-state index in [1.165, 1.54) is 11.3 Å². The molecule has 2 fully saturated rings. The van der Waals surface area contributed by atoms with E-state index < -0.39 is 11.9 Å². The zero-order chi connectivity index (χ0) is 26.8. The summed E-state index contributed by atoms with van der Waals surface area (Å²) < 4.78 is 6.19. The van der Waals surface area contributed by atoms with Gasteiger partial charge in [0.1, 0.15) is 11.8 Å². The van der Waals surface area contributed by atoms with E-state index in [9.17, 15) is 14.4 Å². The minimum Gasteiger partial charge on any atom is -0.493 e. The molecule has 0 saturated carbocycles. The number of carbonyl (C=O) groups is 3. The standard InChI is InChI=1S/C31H37N3O4/c1-4-8-26(23-10-6-5-9-22(23)20(2)3)33-17-21(18-33)15-16-38-28-12-7-11-24-25(28)19-34(31(24)37)27-13-14-29(35)32-30(27)36/h4-12,20-22,27H,13-19H2,1-3H3,(H,32,35,36)/b8-4-,26-23+. The molecule has 0 bridgehead atoms. The SMILES string of the molecule is C/C=C\C(=C1\C=CC=CC1C(C)C)N1CC(CCOc2cccc3c2CN(C2CCC(=O)NC2=O)C3=O)C1. The number of fused-ring (bicyclic) bond motifs is 1. The van der Waals surface area contributed by atoms with Crippen LogP contribution in [0.15, 0.2) is 65.9 Å². The van der Waals surface area contributed by atoms with Crippen LogP contribution in [0.2, 0.25) is 0 Å². The number of nitrogens with zero attached hydrogens (tertiary/aromatic N) is 2. The molecule has 7 heteroatoms. The molecule has 5 rings (SSSR count). The normalized spacial score (nSPS) is 24.8. The lowest BCUT2D eigenvalue weighted by Gasteiger charge is -2.43. The minimum absolute atomic E-state index is 0.176. The Bertz CT molecular complexity index is 1240. The summed E-state index contributed by atoms with van der Waals surface area (Å²) >= 11 is 0. The first-order valence-electron chi connectivity index (χ1n) is 13.7. The summed E-state index contributed by atoms with van der Waals surface area (Å²) in [5, 5.41) is 2.35. The topological polar surface area (TPSA) is 79.0 Å². The first-order chi connectivity index (χ1) is 18.4. The Labute approximate surface area is 224 Å². The van der Waals surface area contributed by atoms with E-state index in [1.54, 1.807) is 11.0 Å². The molecule has 1 aromatic carbocycles. The zero-order valence-corrected chi connectivity index (χ0v) is 22.5. The second-order valence-corrected chi connectivity index (χ2v) is 10.9. The van der Waals surface area contributed by atoms with Crippen LogP contribution in [-0.2, 0) is 16.1 Å². The highest BCUT2D eigenvalue weighted by molar-refractivity contribution is 6.05. The van der Waals surface area contributed by atoms with Crippen molar-refractivity contribution in [3.63, 3.8) is 0 Å². The van der Waals surface area contributed by atoms with Crippen molar-refractivity contribution in [2.45, 2.75) is 52.6 Å². The lowest BCUT2D eigenvalue weighted by Crippen LogP contribution is -2.52. The Hall–Kier alpha value is -3.61. The van der Waals surface area contributed by atoms with E-state index in [-0.39, 0.29) is 18.2 Å². The van der Waals surface area contributed by atoms with E-state index in [0.717, 1.165) is 25.1 Å². The van der Waals surface area contributed by atoms with Crippen LogP contribution in [0.1, 0.15) is 56.0 Å². The summed E-state index contributed by atoms with van der Waals surface area (Å²) in [4.78, 5) is 41.0. The van der Waals surface area contributed by atoms with Gasteiger partial charge >= 0.3 is 0 Å². The fraction of sp³-hybridized carbons (Fsp3) is 0.452. The first kappa shape index (κ1) is 26.0. The van der Waals surface area contributed by atoms with Gasteiger partial charge in [-0.3, -0.25) is 19.7 Å². The van der Waals surface area contributed by atoms with Crippen LogP contribution in [0.5, 0.6) is 5.75 Å². The molecular weight excluding hydrogens is 478 g/mol. The van der Waals surface area contributed by atoms with Gasteiger partial charge in [-0.1, -0.05) is 50.3 Å². The molecule has 2 atom stereocenters. The number of ether oxygens (including phenoxy) is 1. The van der Waals surface area contributed by atoms with Crippen molar-refractivity contribution >= 4 is 17.7 Å². The van der Waals surface area contributed by atoms with Crippen molar-refractivity contribution in [1.82, 2.24) is 15.1 Å². The molecule has 7 nitrogen and oxygen atoms in total. The third-order valence-electron chi connectivity index (χ3n) is 8.02.